The van der Waals surface area contributed by atoms with E-state index in [4.69, 9.17) is 0 Å². The van der Waals surface area contributed by atoms with Gasteiger partial charge in [-0.05, 0) is 80.4 Å². The lowest BCUT2D eigenvalue weighted by atomic mass is 9.69. The largest absolute Gasteiger partial charge is 0.323 e. The van der Waals surface area contributed by atoms with Crippen LogP contribution in [-0.4, -0.2) is 5.91 Å². The Morgan fingerprint density at radius 1 is 1.13 bits per heavy atom. The number of benzene rings is 1. The monoisotopic (exact) mass is 407 g/mol. The summed E-state index contributed by atoms with van der Waals surface area (Å²) in [6.07, 6.45) is 14.3. The fourth-order valence-electron chi connectivity index (χ4n) is 3.67. The Balaban J connectivity index is 1.99. The summed E-state index contributed by atoms with van der Waals surface area (Å²) in [5.74, 6) is 0.0861. The lowest BCUT2D eigenvalue weighted by Gasteiger charge is -2.36. The topological polar surface area (TPSA) is 29.1 Å². The molecule has 0 aliphatic heterocycles. The summed E-state index contributed by atoms with van der Waals surface area (Å²) in [6, 6.07) is 5.71. The number of amides is 1. The van der Waals surface area contributed by atoms with Crippen LogP contribution >= 0.6 is 0 Å². The average molecular weight is 408 g/mol. The van der Waals surface area contributed by atoms with Gasteiger partial charge < -0.3 is 5.32 Å². The molecule has 2 nitrogen and oxygen atoms in total. The highest BCUT2D eigenvalue weighted by Crippen LogP contribution is 2.43. The van der Waals surface area contributed by atoms with E-state index in [1.54, 1.807) is 0 Å². The van der Waals surface area contributed by atoms with Gasteiger partial charge in [-0.1, -0.05) is 62.3 Å². The summed E-state index contributed by atoms with van der Waals surface area (Å²) in [7, 11) is 0. The number of hydrogen-bond donors (Lipinski definition) is 1. The molecule has 0 aromatic heterocycles. The van der Waals surface area contributed by atoms with Crippen molar-refractivity contribution in [2.24, 2.45) is 11.3 Å². The van der Waals surface area contributed by atoms with E-state index in [1.165, 1.54) is 54.3 Å². The van der Waals surface area contributed by atoms with E-state index < -0.39 is 0 Å². The minimum Gasteiger partial charge on any atom is -0.323 e. The van der Waals surface area contributed by atoms with Gasteiger partial charge >= 0.3 is 0 Å². The highest BCUT2D eigenvalue weighted by molar-refractivity contribution is 5.99. The van der Waals surface area contributed by atoms with E-state index in [0.29, 0.717) is 11.6 Å². The molecule has 0 bridgehead atoms. The molecule has 1 unspecified atom stereocenters. The van der Waals surface area contributed by atoms with Crippen molar-refractivity contribution in [3.63, 3.8) is 0 Å². The van der Waals surface area contributed by atoms with Gasteiger partial charge in [-0.25, -0.2) is 4.39 Å². The van der Waals surface area contributed by atoms with Crippen LogP contribution < -0.4 is 5.32 Å². The minimum atomic E-state index is -0.327. The van der Waals surface area contributed by atoms with Gasteiger partial charge in [0.2, 0.25) is 5.91 Å². The van der Waals surface area contributed by atoms with E-state index in [-0.39, 0.29) is 17.1 Å². The molecule has 0 radical (unpaired) electrons. The van der Waals surface area contributed by atoms with Gasteiger partial charge in [0.25, 0.3) is 0 Å². The maximum atomic E-state index is 12.9. The third-order valence-corrected chi connectivity index (χ3v) is 5.80. The number of carbonyl (C=O) groups excluding carboxylic acids is 1. The fourth-order valence-corrected chi connectivity index (χ4v) is 3.67. The molecule has 160 valence electrons. The van der Waals surface area contributed by atoms with Gasteiger partial charge in [0.1, 0.15) is 5.82 Å². The number of anilines is 1. The first kappa shape index (κ1) is 23.6. The highest BCUT2D eigenvalue weighted by atomic mass is 19.1. The van der Waals surface area contributed by atoms with Gasteiger partial charge in [-0.15, -0.1) is 0 Å². The maximum absolute atomic E-state index is 12.9. The number of rotatable bonds is 6. The molecule has 0 spiro atoms. The normalized spacial score (nSPS) is 20.3. The Bertz CT molecular complexity index is 911. The van der Waals surface area contributed by atoms with Crippen LogP contribution in [0.15, 0.2) is 83.0 Å². The summed E-state index contributed by atoms with van der Waals surface area (Å²) in [5.41, 5.74) is 5.73. The van der Waals surface area contributed by atoms with Crippen molar-refractivity contribution in [2.45, 2.75) is 54.4 Å². The Labute approximate surface area is 181 Å². The predicted octanol–water partition coefficient (Wildman–Crippen LogP) is 7.54. The number of nitrogens with one attached hydrogen (secondary N) is 1. The third kappa shape index (κ3) is 6.98. The van der Waals surface area contributed by atoms with Crippen molar-refractivity contribution in [1.82, 2.24) is 0 Å². The van der Waals surface area contributed by atoms with Crippen LogP contribution in [0.25, 0.3) is 0 Å². The zero-order valence-electron chi connectivity index (χ0n) is 19.1. The van der Waals surface area contributed by atoms with Crippen LogP contribution in [0.1, 0.15) is 54.4 Å². The number of halogens is 1. The maximum Gasteiger partial charge on any atom is 0.248 e. The summed E-state index contributed by atoms with van der Waals surface area (Å²) in [4.78, 5) is 12.1. The highest BCUT2D eigenvalue weighted by Gasteiger charge is 2.29. The molecule has 1 aliphatic carbocycles. The number of hydrogen-bond acceptors (Lipinski definition) is 1. The van der Waals surface area contributed by atoms with E-state index in [0.717, 1.165) is 11.1 Å². The third-order valence-electron chi connectivity index (χ3n) is 5.80. The van der Waals surface area contributed by atoms with E-state index in [2.05, 4.69) is 52.1 Å². The van der Waals surface area contributed by atoms with Crippen molar-refractivity contribution in [1.29, 1.82) is 0 Å². The second kappa shape index (κ2) is 10.4. The van der Waals surface area contributed by atoms with Crippen LogP contribution in [0.2, 0.25) is 0 Å². The van der Waals surface area contributed by atoms with E-state index >= 15 is 0 Å². The first-order valence-electron chi connectivity index (χ1n) is 10.6. The Kier molecular flexibility index (Phi) is 8.16. The van der Waals surface area contributed by atoms with Crippen molar-refractivity contribution in [3.05, 3.63) is 88.8 Å². The average Bonchev–Trinajstić information content (AvgIpc) is 2.66. The predicted molar refractivity (Wildman–Crippen MR) is 126 cm³/mol. The zero-order valence-corrected chi connectivity index (χ0v) is 19.1. The van der Waals surface area contributed by atoms with E-state index in [1.807, 2.05) is 25.2 Å². The Hall–Kier alpha value is -2.68. The lowest BCUT2D eigenvalue weighted by molar-refractivity contribution is -0.111. The summed E-state index contributed by atoms with van der Waals surface area (Å²) in [5, 5.41) is 2.72. The van der Waals surface area contributed by atoms with Gasteiger partial charge in [0.05, 0.1) is 0 Å². The molecule has 1 aromatic carbocycles. The molecule has 1 N–H and O–H groups in total. The smallest absolute Gasteiger partial charge is 0.248 e. The van der Waals surface area contributed by atoms with Gasteiger partial charge in [-0.2, -0.15) is 0 Å². The molecule has 0 saturated heterocycles. The SMILES string of the molecule is CC1=C(/C=C/C(C)=C/C=C/C(C)=C\C(=O)Nc2ccc(F)cc2)C(C)(C)CCC1C. The number of carbonyl (C=O) groups is 1. The lowest BCUT2D eigenvalue weighted by Crippen LogP contribution is -2.23. The van der Waals surface area contributed by atoms with Crippen LogP contribution in [0, 0.1) is 17.2 Å². The van der Waals surface area contributed by atoms with E-state index in [9.17, 15) is 9.18 Å². The molecule has 1 aliphatic rings. The van der Waals surface area contributed by atoms with Crippen LogP contribution in [-0.2, 0) is 4.79 Å². The molecule has 1 aromatic rings. The van der Waals surface area contributed by atoms with Crippen molar-refractivity contribution < 1.29 is 9.18 Å². The summed E-state index contributed by atoms with van der Waals surface area (Å²) in [6.45, 7) is 13.2. The van der Waals surface area contributed by atoms with Crippen LogP contribution in [0.3, 0.4) is 0 Å². The molecule has 3 heteroatoms. The summed E-state index contributed by atoms with van der Waals surface area (Å²) >= 11 is 0. The molecule has 1 atom stereocenters. The zero-order chi connectivity index (χ0) is 22.3. The molecule has 30 heavy (non-hydrogen) atoms. The molecule has 1 amide bonds. The van der Waals surface area contributed by atoms with Gasteiger partial charge in [0, 0.05) is 11.8 Å². The number of allylic oxidation sites excluding steroid dienone is 9. The second-order valence-electron chi connectivity index (χ2n) is 8.91. The molecule has 0 heterocycles. The quantitative estimate of drug-likeness (QED) is 0.383. The second-order valence-corrected chi connectivity index (χ2v) is 8.91. The first-order chi connectivity index (χ1) is 14.1. The van der Waals surface area contributed by atoms with Crippen molar-refractivity contribution in [2.75, 3.05) is 5.32 Å². The molecular formula is C27H34FNO. The first-order valence-corrected chi connectivity index (χ1v) is 10.6. The Morgan fingerprint density at radius 2 is 1.80 bits per heavy atom. The standard InChI is InChI=1S/C27H34FNO/c1-19(10-15-25-22(4)21(3)16-17-27(25,5)6)8-7-9-20(2)18-26(30)29-24-13-11-23(28)12-14-24/h7-15,18,21H,16-17H2,1-6H3,(H,29,30)/b9-7+,15-10+,19-8+,20-18-. The van der Waals surface area contributed by atoms with Crippen LogP contribution in [0.5, 0.6) is 0 Å². The molecule has 0 saturated carbocycles. The molecular weight excluding hydrogens is 373 g/mol. The van der Waals surface area contributed by atoms with Gasteiger partial charge in [0.15, 0.2) is 0 Å². The molecule has 0 fully saturated rings. The van der Waals surface area contributed by atoms with Crippen molar-refractivity contribution in [3.8, 4) is 0 Å². The van der Waals surface area contributed by atoms with Crippen LogP contribution in [0.4, 0.5) is 10.1 Å². The van der Waals surface area contributed by atoms with Gasteiger partial charge in [-0.3, -0.25) is 4.79 Å². The summed E-state index contributed by atoms with van der Waals surface area (Å²) < 4.78 is 12.9. The molecule has 2 rings (SSSR count). The minimum absolute atomic E-state index is 0.223. The van der Waals surface area contributed by atoms with Crippen molar-refractivity contribution >= 4 is 11.6 Å². The fraction of sp³-hybridized carbons (Fsp3) is 0.370. The Morgan fingerprint density at radius 3 is 2.47 bits per heavy atom.